The van der Waals surface area contributed by atoms with Gasteiger partial charge >= 0.3 is 0 Å². The van der Waals surface area contributed by atoms with Gasteiger partial charge in [0.1, 0.15) is 0 Å². The Morgan fingerprint density at radius 1 is 1.36 bits per heavy atom. The first-order chi connectivity index (χ1) is 5.29. The fraction of sp³-hybridized carbons (Fsp3) is 1.00. The van der Waals surface area contributed by atoms with Crippen LogP contribution in [0.25, 0.3) is 0 Å². The van der Waals surface area contributed by atoms with Crippen molar-refractivity contribution in [2.45, 2.75) is 44.7 Å². The molecule has 0 aromatic rings. The molecule has 0 aromatic carbocycles. The van der Waals surface area contributed by atoms with Gasteiger partial charge in [-0.15, -0.1) is 0 Å². The molecule has 66 valence electrons. The fourth-order valence-corrected chi connectivity index (χ4v) is 2.08. The van der Waals surface area contributed by atoms with Crippen LogP contribution in [0.1, 0.15) is 32.6 Å². The lowest BCUT2D eigenvalue weighted by atomic mass is 10.1. The molecule has 1 aliphatic rings. The van der Waals surface area contributed by atoms with Gasteiger partial charge in [-0.2, -0.15) is 0 Å². The summed E-state index contributed by atoms with van der Waals surface area (Å²) in [6, 6.07) is 1.41. The second-order valence-electron chi connectivity index (χ2n) is 3.47. The average Bonchev–Trinajstić information content (AvgIpc) is 2.34. The second-order valence-corrected chi connectivity index (χ2v) is 3.47. The van der Waals surface area contributed by atoms with Crippen LogP contribution in [0.5, 0.6) is 0 Å². The second kappa shape index (κ2) is 4.07. The van der Waals surface area contributed by atoms with Gasteiger partial charge in [0.05, 0.1) is 0 Å². The van der Waals surface area contributed by atoms with Crippen molar-refractivity contribution in [1.82, 2.24) is 4.90 Å². The van der Waals surface area contributed by atoms with Gasteiger partial charge in [0.25, 0.3) is 0 Å². The third-order valence-corrected chi connectivity index (χ3v) is 2.92. The maximum atomic E-state index is 8.78. The van der Waals surface area contributed by atoms with Crippen LogP contribution in [0, 0.1) is 0 Å². The van der Waals surface area contributed by atoms with E-state index in [1.54, 1.807) is 0 Å². The van der Waals surface area contributed by atoms with E-state index in [9.17, 15) is 0 Å². The molecule has 1 aliphatic heterocycles. The van der Waals surface area contributed by atoms with E-state index in [0.29, 0.717) is 12.6 Å². The molecule has 0 aromatic heterocycles. The van der Waals surface area contributed by atoms with Crippen molar-refractivity contribution in [3.8, 4) is 0 Å². The summed E-state index contributed by atoms with van der Waals surface area (Å²) in [5, 5.41) is 8.78. The fourth-order valence-electron chi connectivity index (χ4n) is 2.08. The van der Waals surface area contributed by atoms with E-state index >= 15 is 0 Å². The Hall–Kier alpha value is -0.0800. The van der Waals surface area contributed by atoms with Crippen LogP contribution in [0.4, 0.5) is 0 Å². The molecule has 0 saturated carbocycles. The molecule has 1 N–H and O–H groups in total. The van der Waals surface area contributed by atoms with Crippen molar-refractivity contribution in [2.24, 2.45) is 0 Å². The van der Waals surface area contributed by atoms with Gasteiger partial charge in [-0.3, -0.25) is 0 Å². The summed E-state index contributed by atoms with van der Waals surface area (Å²) in [5.74, 6) is 0. The summed E-state index contributed by atoms with van der Waals surface area (Å²) in [4.78, 5) is 2.43. The van der Waals surface area contributed by atoms with Crippen molar-refractivity contribution >= 4 is 0 Å². The smallest absolute Gasteiger partial charge is 0.0445 e. The molecule has 1 saturated heterocycles. The summed E-state index contributed by atoms with van der Waals surface area (Å²) in [7, 11) is 2.18. The Balaban J connectivity index is 2.35. The maximum Gasteiger partial charge on any atom is 0.0445 e. The number of aliphatic hydroxyl groups is 1. The van der Waals surface area contributed by atoms with E-state index in [1.807, 2.05) is 0 Å². The highest BCUT2D eigenvalue weighted by Gasteiger charge is 2.27. The Morgan fingerprint density at radius 3 is 2.45 bits per heavy atom. The molecule has 2 nitrogen and oxygen atoms in total. The van der Waals surface area contributed by atoms with Crippen LogP contribution in [-0.4, -0.2) is 35.7 Å². The largest absolute Gasteiger partial charge is 0.396 e. The van der Waals surface area contributed by atoms with Gasteiger partial charge in [-0.25, -0.2) is 0 Å². The standard InChI is InChI=1S/C9H19NO/c1-3-8-4-5-9(6-7-11)10(8)2/h8-9,11H,3-7H2,1-2H3/t8-,9-/m1/s1. The van der Waals surface area contributed by atoms with Gasteiger partial charge < -0.3 is 10.0 Å². The van der Waals surface area contributed by atoms with Crippen LogP contribution in [0.3, 0.4) is 0 Å². The summed E-state index contributed by atoms with van der Waals surface area (Å²) < 4.78 is 0. The Labute approximate surface area is 69.2 Å². The average molecular weight is 157 g/mol. The highest BCUT2D eigenvalue weighted by molar-refractivity contribution is 4.83. The van der Waals surface area contributed by atoms with Crippen molar-refractivity contribution in [3.05, 3.63) is 0 Å². The molecule has 0 amide bonds. The summed E-state index contributed by atoms with van der Waals surface area (Å²) in [5.41, 5.74) is 0. The predicted molar refractivity (Wildman–Crippen MR) is 46.6 cm³/mol. The summed E-state index contributed by atoms with van der Waals surface area (Å²) in [6.45, 7) is 2.58. The molecule has 0 spiro atoms. The minimum Gasteiger partial charge on any atom is -0.396 e. The first-order valence-electron chi connectivity index (χ1n) is 4.62. The van der Waals surface area contributed by atoms with Crippen LogP contribution in [0.2, 0.25) is 0 Å². The van der Waals surface area contributed by atoms with E-state index in [2.05, 4.69) is 18.9 Å². The predicted octanol–water partition coefficient (Wildman–Crippen LogP) is 1.24. The Kier molecular flexibility index (Phi) is 3.34. The summed E-state index contributed by atoms with van der Waals surface area (Å²) >= 11 is 0. The number of nitrogens with zero attached hydrogens (tertiary/aromatic N) is 1. The van der Waals surface area contributed by atoms with Crippen molar-refractivity contribution in [1.29, 1.82) is 0 Å². The molecule has 0 radical (unpaired) electrons. The summed E-state index contributed by atoms with van der Waals surface area (Å²) in [6.07, 6.45) is 4.79. The SMILES string of the molecule is CC[C@@H]1CC[C@H](CCO)N1C. The van der Waals surface area contributed by atoms with E-state index in [4.69, 9.17) is 5.11 Å². The zero-order valence-electron chi connectivity index (χ0n) is 7.58. The van der Waals surface area contributed by atoms with Gasteiger partial charge in [0.2, 0.25) is 0 Å². The number of likely N-dealkylation sites (tertiary alicyclic amines) is 1. The lowest BCUT2D eigenvalue weighted by Gasteiger charge is -2.24. The molecule has 0 aliphatic carbocycles. The Bertz CT molecular complexity index is 116. The molecule has 11 heavy (non-hydrogen) atoms. The third kappa shape index (κ3) is 1.94. The van der Waals surface area contributed by atoms with E-state index in [1.165, 1.54) is 19.3 Å². The maximum absolute atomic E-state index is 8.78. The third-order valence-electron chi connectivity index (χ3n) is 2.92. The van der Waals surface area contributed by atoms with E-state index in [0.717, 1.165) is 12.5 Å². The zero-order valence-corrected chi connectivity index (χ0v) is 7.58. The first kappa shape index (κ1) is 9.01. The lowest BCUT2D eigenvalue weighted by molar-refractivity contribution is 0.188. The molecule has 2 heteroatoms. The topological polar surface area (TPSA) is 23.5 Å². The van der Waals surface area contributed by atoms with Gasteiger partial charge in [0.15, 0.2) is 0 Å². The van der Waals surface area contributed by atoms with Gasteiger partial charge in [-0.05, 0) is 32.7 Å². The zero-order chi connectivity index (χ0) is 8.27. The van der Waals surface area contributed by atoms with Crippen molar-refractivity contribution in [2.75, 3.05) is 13.7 Å². The highest BCUT2D eigenvalue weighted by atomic mass is 16.3. The van der Waals surface area contributed by atoms with E-state index < -0.39 is 0 Å². The lowest BCUT2D eigenvalue weighted by Crippen LogP contribution is -2.32. The molecule has 2 atom stereocenters. The van der Waals surface area contributed by atoms with Crippen LogP contribution in [0.15, 0.2) is 0 Å². The molecular formula is C9H19NO. The normalized spacial score (nSPS) is 33.0. The highest BCUT2D eigenvalue weighted by Crippen LogP contribution is 2.25. The number of hydrogen-bond acceptors (Lipinski definition) is 2. The van der Waals surface area contributed by atoms with E-state index in [-0.39, 0.29) is 0 Å². The molecule has 1 rings (SSSR count). The number of aliphatic hydroxyl groups excluding tert-OH is 1. The minimum absolute atomic E-state index is 0.339. The Morgan fingerprint density at radius 2 is 2.00 bits per heavy atom. The quantitative estimate of drug-likeness (QED) is 0.666. The molecule has 0 bridgehead atoms. The monoisotopic (exact) mass is 157 g/mol. The molecular weight excluding hydrogens is 138 g/mol. The van der Waals surface area contributed by atoms with Crippen LogP contribution in [-0.2, 0) is 0 Å². The van der Waals surface area contributed by atoms with Gasteiger partial charge in [-0.1, -0.05) is 6.92 Å². The molecule has 0 unspecified atom stereocenters. The van der Waals surface area contributed by atoms with Crippen molar-refractivity contribution in [3.63, 3.8) is 0 Å². The van der Waals surface area contributed by atoms with Crippen LogP contribution < -0.4 is 0 Å². The molecule has 1 heterocycles. The van der Waals surface area contributed by atoms with Crippen molar-refractivity contribution < 1.29 is 5.11 Å². The first-order valence-corrected chi connectivity index (χ1v) is 4.62. The van der Waals surface area contributed by atoms with Gasteiger partial charge in [0, 0.05) is 18.7 Å². The molecule has 1 fully saturated rings. The van der Waals surface area contributed by atoms with Crippen LogP contribution >= 0.6 is 0 Å². The minimum atomic E-state index is 0.339. The number of rotatable bonds is 3. The number of hydrogen-bond donors (Lipinski definition) is 1.